The lowest BCUT2D eigenvalue weighted by molar-refractivity contribution is -0.124. The second-order valence-corrected chi connectivity index (χ2v) is 4.71. The molecule has 0 aliphatic carbocycles. The lowest BCUT2D eigenvalue weighted by atomic mass is 10.0. The van der Waals surface area contributed by atoms with E-state index in [1.807, 2.05) is 6.92 Å². The van der Waals surface area contributed by atoms with E-state index in [2.05, 4.69) is 23.2 Å². The molecule has 2 unspecified atom stereocenters. The van der Waals surface area contributed by atoms with Crippen LogP contribution in [0.2, 0.25) is 0 Å². The molecule has 1 saturated heterocycles. The number of likely N-dealkylation sites (N-methyl/N-ethyl adjacent to an activating group) is 1. The first kappa shape index (κ1) is 14.0. The van der Waals surface area contributed by atoms with Crippen LogP contribution in [0.3, 0.4) is 0 Å². The van der Waals surface area contributed by atoms with Gasteiger partial charge in [0.1, 0.15) is 5.92 Å². The van der Waals surface area contributed by atoms with Crippen molar-refractivity contribution in [2.75, 3.05) is 19.6 Å². The van der Waals surface area contributed by atoms with Crippen LogP contribution in [0.5, 0.6) is 0 Å². The highest BCUT2D eigenvalue weighted by Crippen LogP contribution is 2.11. The van der Waals surface area contributed by atoms with Gasteiger partial charge in [-0.05, 0) is 32.4 Å². The molecule has 0 aromatic carbocycles. The van der Waals surface area contributed by atoms with Gasteiger partial charge in [-0.2, -0.15) is 5.26 Å². The van der Waals surface area contributed by atoms with E-state index < -0.39 is 5.92 Å². The molecule has 4 nitrogen and oxygen atoms in total. The lowest BCUT2D eigenvalue weighted by Gasteiger charge is -2.32. The minimum Gasteiger partial charge on any atom is -0.351 e. The number of rotatable bonds is 5. The third kappa shape index (κ3) is 4.35. The maximum atomic E-state index is 11.9. The first-order valence-electron chi connectivity index (χ1n) is 6.63. The number of carbonyl (C=O) groups excluding carboxylic acids is 1. The smallest absolute Gasteiger partial charge is 0.237 e. The minimum atomic E-state index is -0.475. The number of nitrogens with zero attached hydrogens (tertiary/aromatic N) is 2. The summed E-state index contributed by atoms with van der Waals surface area (Å²) in [6, 6.07) is 2.32. The maximum Gasteiger partial charge on any atom is 0.237 e. The molecule has 0 spiro atoms. The third-order valence-electron chi connectivity index (χ3n) is 3.35. The third-order valence-corrected chi connectivity index (χ3v) is 3.35. The summed E-state index contributed by atoms with van der Waals surface area (Å²) in [7, 11) is 0. The quantitative estimate of drug-likeness (QED) is 0.789. The van der Waals surface area contributed by atoms with Gasteiger partial charge in [0.25, 0.3) is 0 Å². The predicted molar refractivity (Wildman–Crippen MR) is 67.3 cm³/mol. The molecule has 1 rings (SSSR count). The van der Waals surface area contributed by atoms with Crippen LogP contribution in [0.4, 0.5) is 0 Å². The van der Waals surface area contributed by atoms with Crippen molar-refractivity contribution < 1.29 is 4.79 Å². The number of nitrogens with one attached hydrogen (secondary N) is 1. The van der Waals surface area contributed by atoms with Gasteiger partial charge in [0, 0.05) is 12.6 Å². The number of hydrogen-bond acceptors (Lipinski definition) is 3. The molecule has 1 amide bonds. The number of piperidine rings is 1. The van der Waals surface area contributed by atoms with Gasteiger partial charge in [-0.1, -0.05) is 20.3 Å². The molecule has 17 heavy (non-hydrogen) atoms. The van der Waals surface area contributed by atoms with Crippen molar-refractivity contribution in [1.82, 2.24) is 10.2 Å². The largest absolute Gasteiger partial charge is 0.351 e. The molecule has 96 valence electrons. The fourth-order valence-electron chi connectivity index (χ4n) is 2.31. The Hall–Kier alpha value is -1.08. The summed E-state index contributed by atoms with van der Waals surface area (Å²) in [6.45, 7) is 7.21. The second kappa shape index (κ2) is 7.29. The SMILES string of the molecule is CCCC(C#N)C(=O)NC1CCCN(CC)C1. The summed E-state index contributed by atoms with van der Waals surface area (Å²) < 4.78 is 0. The minimum absolute atomic E-state index is 0.0858. The van der Waals surface area contributed by atoms with E-state index in [0.717, 1.165) is 38.9 Å². The van der Waals surface area contributed by atoms with Crippen molar-refractivity contribution in [2.24, 2.45) is 5.92 Å². The summed E-state index contributed by atoms with van der Waals surface area (Å²) in [6.07, 6.45) is 3.69. The highest BCUT2D eigenvalue weighted by molar-refractivity contribution is 5.81. The second-order valence-electron chi connectivity index (χ2n) is 4.71. The van der Waals surface area contributed by atoms with Crippen molar-refractivity contribution in [2.45, 2.75) is 45.6 Å². The topological polar surface area (TPSA) is 56.1 Å². The zero-order valence-corrected chi connectivity index (χ0v) is 10.9. The summed E-state index contributed by atoms with van der Waals surface area (Å²) in [5.41, 5.74) is 0. The van der Waals surface area contributed by atoms with Crippen molar-refractivity contribution in [3.63, 3.8) is 0 Å². The Morgan fingerprint density at radius 3 is 2.94 bits per heavy atom. The van der Waals surface area contributed by atoms with Crippen molar-refractivity contribution in [3.05, 3.63) is 0 Å². The van der Waals surface area contributed by atoms with Gasteiger partial charge in [-0.3, -0.25) is 4.79 Å². The molecule has 1 heterocycles. The number of carbonyl (C=O) groups is 1. The van der Waals surface area contributed by atoms with Crippen molar-refractivity contribution in [3.8, 4) is 6.07 Å². The Bertz CT molecular complexity index is 285. The van der Waals surface area contributed by atoms with Gasteiger partial charge in [-0.25, -0.2) is 0 Å². The van der Waals surface area contributed by atoms with Gasteiger partial charge < -0.3 is 10.2 Å². The van der Waals surface area contributed by atoms with Crippen LogP contribution < -0.4 is 5.32 Å². The number of nitriles is 1. The number of amides is 1. The Morgan fingerprint density at radius 1 is 1.59 bits per heavy atom. The van der Waals surface area contributed by atoms with Gasteiger partial charge >= 0.3 is 0 Å². The molecule has 1 aliphatic heterocycles. The fourth-order valence-corrected chi connectivity index (χ4v) is 2.31. The van der Waals surface area contributed by atoms with Gasteiger partial charge in [-0.15, -0.1) is 0 Å². The first-order chi connectivity index (χ1) is 8.21. The summed E-state index contributed by atoms with van der Waals surface area (Å²) in [5.74, 6) is -0.561. The molecule has 0 aromatic heterocycles. The Morgan fingerprint density at radius 2 is 2.35 bits per heavy atom. The molecule has 4 heteroatoms. The Kier molecular flexibility index (Phi) is 5.99. The summed E-state index contributed by atoms with van der Waals surface area (Å²) in [5, 5.41) is 11.9. The van der Waals surface area contributed by atoms with Gasteiger partial charge in [0.2, 0.25) is 5.91 Å². The molecule has 0 radical (unpaired) electrons. The van der Waals surface area contributed by atoms with E-state index >= 15 is 0 Å². The molecule has 0 saturated carbocycles. The van der Waals surface area contributed by atoms with E-state index in [1.54, 1.807) is 0 Å². The maximum absolute atomic E-state index is 11.9. The van der Waals surface area contributed by atoms with Gasteiger partial charge in [0.15, 0.2) is 0 Å². The molecule has 0 bridgehead atoms. The highest BCUT2D eigenvalue weighted by Gasteiger charge is 2.23. The van der Waals surface area contributed by atoms with Crippen LogP contribution >= 0.6 is 0 Å². The highest BCUT2D eigenvalue weighted by atomic mass is 16.1. The fraction of sp³-hybridized carbons (Fsp3) is 0.846. The van der Waals surface area contributed by atoms with Crippen LogP contribution in [0.1, 0.15) is 39.5 Å². The Balaban J connectivity index is 2.42. The molecule has 2 atom stereocenters. The van der Waals surface area contributed by atoms with Crippen molar-refractivity contribution in [1.29, 1.82) is 5.26 Å². The monoisotopic (exact) mass is 237 g/mol. The number of hydrogen-bond donors (Lipinski definition) is 1. The predicted octanol–water partition coefficient (Wildman–Crippen LogP) is 1.53. The molecule has 1 aliphatic rings. The molecule has 1 fully saturated rings. The van der Waals surface area contributed by atoms with Crippen molar-refractivity contribution >= 4 is 5.91 Å². The molecule has 0 aromatic rings. The zero-order valence-electron chi connectivity index (χ0n) is 10.9. The Labute approximate surface area is 104 Å². The van der Waals surface area contributed by atoms with E-state index in [0.29, 0.717) is 6.42 Å². The van der Waals surface area contributed by atoms with E-state index in [4.69, 9.17) is 5.26 Å². The van der Waals surface area contributed by atoms with E-state index in [-0.39, 0.29) is 11.9 Å². The van der Waals surface area contributed by atoms with Gasteiger partial charge in [0.05, 0.1) is 6.07 Å². The van der Waals surface area contributed by atoms with Crippen LogP contribution in [0.25, 0.3) is 0 Å². The average molecular weight is 237 g/mol. The van der Waals surface area contributed by atoms with Crippen LogP contribution in [-0.2, 0) is 4.79 Å². The van der Waals surface area contributed by atoms with E-state index in [9.17, 15) is 4.79 Å². The number of likely N-dealkylation sites (tertiary alicyclic amines) is 1. The molecular weight excluding hydrogens is 214 g/mol. The lowest BCUT2D eigenvalue weighted by Crippen LogP contribution is -2.48. The zero-order chi connectivity index (χ0) is 12.7. The van der Waals surface area contributed by atoms with E-state index in [1.165, 1.54) is 0 Å². The molecular formula is C13H23N3O. The summed E-state index contributed by atoms with van der Waals surface area (Å²) in [4.78, 5) is 14.2. The summed E-state index contributed by atoms with van der Waals surface area (Å²) >= 11 is 0. The standard InChI is InChI=1S/C13H23N3O/c1-3-6-11(9-14)13(17)15-12-7-5-8-16(4-2)10-12/h11-12H,3-8,10H2,1-2H3,(H,15,17). The normalized spacial score (nSPS) is 22.8. The average Bonchev–Trinajstić information content (AvgIpc) is 2.36. The van der Waals surface area contributed by atoms with Crippen LogP contribution in [-0.4, -0.2) is 36.5 Å². The van der Waals surface area contributed by atoms with Crippen LogP contribution in [0.15, 0.2) is 0 Å². The molecule has 1 N–H and O–H groups in total. The van der Waals surface area contributed by atoms with Crippen LogP contribution in [0, 0.1) is 17.2 Å². The first-order valence-corrected chi connectivity index (χ1v) is 6.63.